The number of carbonyl (C=O) groups excluding carboxylic acids is 5. The number of carbonyl (C=O) groups is 5. The maximum Gasteiger partial charge on any atom is 0.272 e. The van der Waals surface area contributed by atoms with Crippen molar-refractivity contribution in [3.05, 3.63) is 146 Å². The van der Waals surface area contributed by atoms with Gasteiger partial charge in [0, 0.05) is 101 Å². The SMILES string of the molecule is O=C(N[C@@H](C(=O)N1CCC(OC2CCN(CC(=O)N3CCN(C(=O)c4cc(Cc5n[nH]c(=O)c6ccccc56)ccc4F)CC3)CC2)CC1)C1CCCCC1)c1cccc(C2CN(C(=O)CNCc3ccc(F)cc3F)C2)c1F. The molecule has 10 rings (SSSR count). The molecular formula is C59H67F4N9O7. The molecule has 0 unspecified atom stereocenters. The molecule has 5 amide bonds. The van der Waals surface area contributed by atoms with Crippen LogP contribution in [-0.4, -0.2) is 161 Å². The second-order valence-electron chi connectivity index (χ2n) is 21.7. The van der Waals surface area contributed by atoms with E-state index in [2.05, 4.69) is 25.7 Å². The third-order valence-electron chi connectivity index (χ3n) is 16.6. The van der Waals surface area contributed by atoms with Crippen LogP contribution < -0.4 is 16.2 Å². The van der Waals surface area contributed by atoms with Crippen LogP contribution in [0.25, 0.3) is 10.8 Å². The first-order valence-corrected chi connectivity index (χ1v) is 27.8. The van der Waals surface area contributed by atoms with Crippen LogP contribution in [0, 0.1) is 29.2 Å². The lowest BCUT2D eigenvalue weighted by Crippen LogP contribution is -2.55. The molecule has 0 spiro atoms. The topological polar surface area (TPSA) is 181 Å². The minimum absolute atomic E-state index is 0.00555. The van der Waals surface area contributed by atoms with Crippen molar-refractivity contribution in [3.8, 4) is 0 Å². The Labute approximate surface area is 455 Å². The number of nitrogens with one attached hydrogen (secondary N) is 3. The maximum absolute atomic E-state index is 16.2. The number of nitrogens with zero attached hydrogens (tertiary/aromatic N) is 6. The maximum atomic E-state index is 16.2. The fraction of sp³-hybridized carbons (Fsp3) is 0.475. The van der Waals surface area contributed by atoms with Crippen molar-refractivity contribution in [2.45, 2.75) is 94.9 Å². The Kier molecular flexibility index (Phi) is 17.5. The lowest BCUT2D eigenvalue weighted by Gasteiger charge is -2.40. The monoisotopic (exact) mass is 1090 g/mol. The van der Waals surface area contributed by atoms with Gasteiger partial charge in [-0.3, -0.25) is 33.7 Å². The molecule has 418 valence electrons. The fourth-order valence-electron chi connectivity index (χ4n) is 11.9. The summed E-state index contributed by atoms with van der Waals surface area (Å²) in [6.07, 6.45) is 7.48. The first kappa shape index (κ1) is 55.3. The Balaban J connectivity index is 0.648. The normalized spacial score (nSPS) is 18.6. The average molecular weight is 1090 g/mol. The molecule has 1 saturated carbocycles. The van der Waals surface area contributed by atoms with Gasteiger partial charge in [0.25, 0.3) is 17.4 Å². The van der Waals surface area contributed by atoms with Gasteiger partial charge in [-0.2, -0.15) is 5.10 Å². The van der Waals surface area contributed by atoms with Gasteiger partial charge < -0.3 is 35.0 Å². The molecule has 20 heteroatoms. The fourth-order valence-corrected chi connectivity index (χ4v) is 11.9. The van der Waals surface area contributed by atoms with E-state index in [9.17, 15) is 37.5 Å². The van der Waals surface area contributed by atoms with E-state index in [-0.39, 0.29) is 116 Å². The van der Waals surface area contributed by atoms with Gasteiger partial charge in [-0.1, -0.05) is 61.7 Å². The van der Waals surface area contributed by atoms with Crippen LogP contribution in [0.5, 0.6) is 0 Å². The molecule has 1 atom stereocenters. The molecule has 5 aliphatic rings. The number of aromatic nitrogens is 2. The summed E-state index contributed by atoms with van der Waals surface area (Å²) in [5.41, 5.74) is 1.31. The Bertz CT molecular complexity index is 3110. The van der Waals surface area contributed by atoms with Gasteiger partial charge in [0.2, 0.25) is 17.7 Å². The molecule has 4 saturated heterocycles. The third kappa shape index (κ3) is 13.0. The number of fused-ring (bicyclic) bond motifs is 1. The van der Waals surface area contributed by atoms with Crippen molar-refractivity contribution in [1.82, 2.24) is 45.3 Å². The van der Waals surface area contributed by atoms with E-state index in [1.807, 2.05) is 12.1 Å². The largest absolute Gasteiger partial charge is 0.375 e. The zero-order valence-corrected chi connectivity index (χ0v) is 44.2. The van der Waals surface area contributed by atoms with E-state index in [4.69, 9.17) is 4.74 Å². The second-order valence-corrected chi connectivity index (χ2v) is 21.7. The van der Waals surface area contributed by atoms with Crippen LogP contribution in [0.4, 0.5) is 17.6 Å². The zero-order valence-electron chi connectivity index (χ0n) is 44.2. The quantitative estimate of drug-likeness (QED) is 0.101. The van der Waals surface area contributed by atoms with E-state index in [1.165, 1.54) is 24.3 Å². The first-order chi connectivity index (χ1) is 38.3. The van der Waals surface area contributed by atoms with Crippen molar-refractivity contribution in [2.24, 2.45) is 5.92 Å². The molecule has 1 aliphatic carbocycles. The van der Waals surface area contributed by atoms with Crippen molar-refractivity contribution in [3.63, 3.8) is 0 Å². The number of likely N-dealkylation sites (tertiary alicyclic amines) is 3. The molecule has 5 aromatic rings. The molecule has 16 nitrogen and oxygen atoms in total. The van der Waals surface area contributed by atoms with Gasteiger partial charge in [-0.25, -0.2) is 22.7 Å². The minimum atomic E-state index is -0.812. The highest BCUT2D eigenvalue weighted by Crippen LogP contribution is 2.33. The van der Waals surface area contributed by atoms with Gasteiger partial charge in [0.05, 0.1) is 47.5 Å². The predicted octanol–water partition coefficient (Wildman–Crippen LogP) is 5.92. The number of ether oxygens (including phenoxy) is 1. The summed E-state index contributed by atoms with van der Waals surface area (Å²) >= 11 is 0. The summed E-state index contributed by atoms with van der Waals surface area (Å²) in [7, 11) is 0. The molecule has 3 N–H and O–H groups in total. The van der Waals surface area contributed by atoms with E-state index in [0.717, 1.165) is 57.1 Å². The van der Waals surface area contributed by atoms with E-state index in [1.54, 1.807) is 49.9 Å². The highest BCUT2D eigenvalue weighted by atomic mass is 19.1. The molecule has 1 aromatic heterocycles. The Morgan fingerprint density at radius 1 is 0.671 bits per heavy atom. The van der Waals surface area contributed by atoms with Crippen molar-refractivity contribution >= 4 is 40.3 Å². The lowest BCUT2D eigenvalue weighted by molar-refractivity contribution is -0.140. The molecule has 79 heavy (non-hydrogen) atoms. The summed E-state index contributed by atoms with van der Waals surface area (Å²) in [5.74, 6) is -4.67. The van der Waals surface area contributed by atoms with Crippen LogP contribution in [0.3, 0.4) is 0 Å². The molecule has 4 aromatic carbocycles. The molecule has 5 fully saturated rings. The summed E-state index contributed by atoms with van der Waals surface area (Å²) in [6.45, 7) is 4.18. The average Bonchev–Trinajstić information content (AvgIpc) is 3.51. The predicted molar refractivity (Wildman–Crippen MR) is 286 cm³/mol. The minimum Gasteiger partial charge on any atom is -0.375 e. The van der Waals surface area contributed by atoms with Gasteiger partial charge in [-0.05, 0) is 85.9 Å². The number of H-pyrrole nitrogens is 1. The molecule has 5 heterocycles. The number of benzene rings is 4. The van der Waals surface area contributed by atoms with Crippen molar-refractivity contribution < 1.29 is 46.3 Å². The van der Waals surface area contributed by atoms with Crippen LogP contribution in [0.1, 0.15) is 107 Å². The Morgan fingerprint density at radius 2 is 1.37 bits per heavy atom. The lowest BCUT2D eigenvalue weighted by atomic mass is 9.83. The molecule has 4 aliphatic heterocycles. The number of halogens is 4. The molecule has 0 bridgehead atoms. The highest BCUT2D eigenvalue weighted by molar-refractivity contribution is 5.98. The summed E-state index contributed by atoms with van der Waals surface area (Å²) < 4.78 is 65.2. The number of piperazine rings is 1. The van der Waals surface area contributed by atoms with Gasteiger partial charge >= 0.3 is 0 Å². The second kappa shape index (κ2) is 25.0. The Hall–Kier alpha value is -7.03. The van der Waals surface area contributed by atoms with E-state index in [0.29, 0.717) is 79.7 Å². The van der Waals surface area contributed by atoms with E-state index >= 15 is 8.78 Å². The number of hydrogen-bond acceptors (Lipinski definition) is 10. The van der Waals surface area contributed by atoms with Gasteiger partial charge in [-0.15, -0.1) is 0 Å². The van der Waals surface area contributed by atoms with Crippen LogP contribution in [-0.2, 0) is 32.1 Å². The van der Waals surface area contributed by atoms with Crippen LogP contribution >= 0.6 is 0 Å². The highest BCUT2D eigenvalue weighted by Gasteiger charge is 2.39. The number of aromatic amines is 1. The van der Waals surface area contributed by atoms with Crippen molar-refractivity contribution in [2.75, 3.05) is 78.5 Å². The zero-order chi connectivity index (χ0) is 55.2. The molecule has 0 radical (unpaired) electrons. The number of hydrogen-bond donors (Lipinski definition) is 3. The van der Waals surface area contributed by atoms with E-state index < -0.39 is 41.1 Å². The van der Waals surface area contributed by atoms with Gasteiger partial charge in [0.1, 0.15) is 29.3 Å². The summed E-state index contributed by atoms with van der Waals surface area (Å²) in [6, 6.07) is 18.6. The summed E-state index contributed by atoms with van der Waals surface area (Å²) in [4.78, 5) is 89.3. The Morgan fingerprint density at radius 3 is 2.09 bits per heavy atom. The third-order valence-corrected chi connectivity index (χ3v) is 16.6. The molecular weight excluding hydrogens is 1020 g/mol. The van der Waals surface area contributed by atoms with Gasteiger partial charge in [0.15, 0.2) is 0 Å². The number of piperidine rings is 2. The van der Waals surface area contributed by atoms with Crippen molar-refractivity contribution in [1.29, 1.82) is 0 Å². The van der Waals surface area contributed by atoms with Crippen LogP contribution in [0.2, 0.25) is 0 Å². The number of amides is 5. The van der Waals surface area contributed by atoms with Crippen LogP contribution in [0.15, 0.2) is 83.7 Å². The smallest absolute Gasteiger partial charge is 0.272 e. The number of rotatable bonds is 16. The summed E-state index contributed by atoms with van der Waals surface area (Å²) in [5, 5.41) is 13.8. The first-order valence-electron chi connectivity index (χ1n) is 27.8. The standard InChI is InChI=1S/C59H67F4N9O7/c60-41-15-14-39(50(62)31-41)32-64-33-52(73)72-34-40(35-72)44-11-6-12-47(54(44)63)56(75)65-55(38-7-2-1-3-8-38)59(78)70-23-19-43(20-24-70)79-42-17-21-68(22-18-42)36-53(74)69-25-27-71(28-26-69)58(77)48-29-37(13-16-49(48)61)30-51-45-9-4-5-10-46(45)57(76)67-66-51/h4-6,9-16,29,31,38,40,42-43,55,64H,1-3,7-8,17-28,30,32-36H2,(H,65,75)(H,67,76)/t55-/m1/s1.